The van der Waals surface area contributed by atoms with E-state index in [9.17, 15) is 0 Å². The minimum Gasteiger partial charge on any atom is -0.213 e. The summed E-state index contributed by atoms with van der Waals surface area (Å²) in [6.07, 6.45) is 9.82. The highest BCUT2D eigenvalue weighted by molar-refractivity contribution is 7.18. The Labute approximate surface area is 172 Å². The van der Waals surface area contributed by atoms with Crippen LogP contribution in [0.5, 0.6) is 0 Å². The highest BCUT2D eigenvalue weighted by atomic mass is 32.1. The number of rotatable bonds is 4. The Kier molecular flexibility index (Phi) is 4.39. The van der Waals surface area contributed by atoms with Gasteiger partial charge in [0, 0.05) is 12.1 Å². The summed E-state index contributed by atoms with van der Waals surface area (Å²) in [5.74, 6) is 2.76. The van der Waals surface area contributed by atoms with Crippen LogP contribution in [-0.4, -0.2) is 15.0 Å². The van der Waals surface area contributed by atoms with Gasteiger partial charge in [-0.15, -0.1) is 11.5 Å². The third-order valence-electron chi connectivity index (χ3n) is 4.79. The molecule has 0 radical (unpaired) electrons. The molecular weight excluding hydrogens is 376 g/mol. The van der Waals surface area contributed by atoms with Gasteiger partial charge in [-0.1, -0.05) is 52.9 Å². The van der Waals surface area contributed by atoms with E-state index in [-0.39, 0.29) is 0 Å². The molecule has 0 saturated heterocycles. The number of para-hydroxylation sites is 2. The molecule has 0 bridgehead atoms. The van der Waals surface area contributed by atoms with E-state index >= 15 is 0 Å². The fraction of sp³-hybridized carbons (Fsp3) is 0.0417. The van der Waals surface area contributed by atoms with Crippen molar-refractivity contribution in [1.82, 2.24) is 15.0 Å². The summed E-state index contributed by atoms with van der Waals surface area (Å²) in [5.41, 5.74) is 5.15. The van der Waals surface area contributed by atoms with Crippen molar-refractivity contribution in [2.45, 2.75) is 6.54 Å². The predicted molar refractivity (Wildman–Crippen MR) is 119 cm³/mol. The summed E-state index contributed by atoms with van der Waals surface area (Å²) in [6.45, 7) is 0.558. The van der Waals surface area contributed by atoms with Crippen molar-refractivity contribution >= 4 is 44.7 Å². The molecule has 0 spiro atoms. The van der Waals surface area contributed by atoms with Gasteiger partial charge in [0.05, 0.1) is 11.2 Å². The van der Waals surface area contributed by atoms with Gasteiger partial charge in [0.15, 0.2) is 0 Å². The van der Waals surface area contributed by atoms with Crippen molar-refractivity contribution in [3.8, 4) is 18.0 Å². The lowest BCUT2D eigenvalue weighted by Crippen LogP contribution is -2.34. The van der Waals surface area contributed by atoms with Crippen molar-refractivity contribution in [1.29, 1.82) is 0 Å². The van der Waals surface area contributed by atoms with E-state index in [1.807, 2.05) is 35.0 Å². The summed E-state index contributed by atoms with van der Waals surface area (Å²) < 4.78 is 5.26. The van der Waals surface area contributed by atoms with Gasteiger partial charge in [-0.3, -0.25) is 0 Å². The smallest absolute Gasteiger partial charge is 0.213 e. The Morgan fingerprint density at radius 1 is 0.966 bits per heavy atom. The minimum atomic E-state index is 0.558. The van der Waals surface area contributed by atoms with Gasteiger partial charge < -0.3 is 0 Å². The summed E-state index contributed by atoms with van der Waals surface area (Å²) >= 11 is 1.74. The maximum absolute atomic E-state index is 5.59. The van der Waals surface area contributed by atoms with Crippen LogP contribution >= 0.6 is 11.3 Å². The fourth-order valence-corrected chi connectivity index (χ4v) is 4.45. The van der Waals surface area contributed by atoms with Crippen molar-refractivity contribution in [2.75, 3.05) is 0 Å². The molecule has 5 rings (SSSR count). The van der Waals surface area contributed by atoms with Gasteiger partial charge in [0.1, 0.15) is 10.2 Å². The van der Waals surface area contributed by atoms with Gasteiger partial charge in [-0.2, -0.15) is 4.57 Å². The molecule has 29 heavy (non-hydrogen) atoms. The first-order valence-corrected chi connectivity index (χ1v) is 10.1. The van der Waals surface area contributed by atoms with Crippen LogP contribution in [0.15, 0.2) is 72.8 Å². The van der Waals surface area contributed by atoms with Gasteiger partial charge in [0.2, 0.25) is 12.1 Å². The molecule has 5 aromatic rings. The molecule has 0 saturated carbocycles. The van der Waals surface area contributed by atoms with Crippen LogP contribution in [0, 0.1) is 12.3 Å². The van der Waals surface area contributed by atoms with Crippen LogP contribution < -0.4 is 4.57 Å². The van der Waals surface area contributed by atoms with Crippen LogP contribution in [0.3, 0.4) is 0 Å². The zero-order valence-corrected chi connectivity index (χ0v) is 16.4. The van der Waals surface area contributed by atoms with E-state index in [1.54, 1.807) is 11.3 Å². The standard InChI is InChI=1S/C24H17N4S/c1-2-17-27-22-9-5-6-10-23(22)29-24(27)16-13-18-11-14-19(15-12-18)28-21-8-4-3-7-20(21)25-26-28/h1,3-16H,17H2/q+1. The molecule has 0 aliphatic rings. The van der Waals surface area contributed by atoms with Gasteiger partial charge in [-0.25, -0.2) is 4.68 Å². The third-order valence-corrected chi connectivity index (χ3v) is 5.92. The van der Waals surface area contributed by atoms with E-state index in [2.05, 4.69) is 75.4 Å². The van der Waals surface area contributed by atoms with Crippen LogP contribution in [0.2, 0.25) is 0 Å². The topological polar surface area (TPSA) is 34.6 Å². The Hall–Kier alpha value is -3.75. The summed E-state index contributed by atoms with van der Waals surface area (Å²) in [7, 11) is 0. The van der Waals surface area contributed by atoms with E-state index in [0.717, 1.165) is 27.3 Å². The van der Waals surface area contributed by atoms with Gasteiger partial charge >= 0.3 is 0 Å². The zero-order valence-electron chi connectivity index (χ0n) is 15.6. The number of fused-ring (bicyclic) bond motifs is 2. The second-order valence-corrected chi connectivity index (χ2v) is 7.68. The van der Waals surface area contributed by atoms with E-state index in [0.29, 0.717) is 6.54 Å². The maximum atomic E-state index is 5.59. The fourth-order valence-electron chi connectivity index (χ4n) is 3.39. The number of hydrogen-bond acceptors (Lipinski definition) is 3. The summed E-state index contributed by atoms with van der Waals surface area (Å²) in [4.78, 5) is 0. The first kappa shape index (κ1) is 17.4. The van der Waals surface area contributed by atoms with Crippen LogP contribution in [0.25, 0.3) is 39.1 Å². The first-order valence-electron chi connectivity index (χ1n) is 9.27. The highest BCUT2D eigenvalue weighted by Gasteiger charge is 2.16. The summed E-state index contributed by atoms with van der Waals surface area (Å²) in [6, 6.07) is 24.6. The second-order valence-electron chi connectivity index (χ2n) is 6.61. The Morgan fingerprint density at radius 3 is 2.62 bits per heavy atom. The molecule has 0 N–H and O–H groups in total. The number of nitrogens with zero attached hydrogens (tertiary/aromatic N) is 4. The number of terminal acetylenes is 1. The SMILES string of the molecule is C#CC[n+]1c(/C=C/c2ccc(-n3nnc4ccccc43)cc2)sc2ccccc21. The second kappa shape index (κ2) is 7.34. The molecule has 3 aromatic carbocycles. The molecule has 0 aliphatic heterocycles. The lowest BCUT2D eigenvalue weighted by Gasteiger charge is -2.02. The molecule has 0 amide bonds. The zero-order chi connectivity index (χ0) is 19.6. The molecule has 0 fully saturated rings. The average Bonchev–Trinajstić information content (AvgIpc) is 3.35. The van der Waals surface area contributed by atoms with E-state index in [4.69, 9.17) is 6.42 Å². The highest BCUT2D eigenvalue weighted by Crippen LogP contribution is 2.22. The van der Waals surface area contributed by atoms with Crippen LogP contribution in [0.1, 0.15) is 10.6 Å². The molecule has 0 aliphatic carbocycles. The monoisotopic (exact) mass is 393 g/mol. The molecule has 2 aromatic heterocycles. The minimum absolute atomic E-state index is 0.558. The quantitative estimate of drug-likeness (QED) is 0.327. The lowest BCUT2D eigenvalue weighted by atomic mass is 10.2. The molecule has 2 heterocycles. The normalized spacial score (nSPS) is 11.4. The molecule has 5 heteroatoms. The molecule has 4 nitrogen and oxygen atoms in total. The molecular formula is C24H17N4S+. The predicted octanol–water partition coefficient (Wildman–Crippen LogP) is 4.73. The van der Waals surface area contributed by atoms with Crippen molar-refractivity contribution in [3.05, 3.63) is 83.4 Å². The number of aromatic nitrogens is 4. The third kappa shape index (κ3) is 3.20. The van der Waals surface area contributed by atoms with Crippen LogP contribution in [0.4, 0.5) is 0 Å². The molecule has 138 valence electrons. The van der Waals surface area contributed by atoms with E-state index in [1.165, 1.54) is 10.2 Å². The van der Waals surface area contributed by atoms with Crippen LogP contribution in [-0.2, 0) is 6.54 Å². The largest absolute Gasteiger partial charge is 0.263 e. The number of benzene rings is 3. The Morgan fingerprint density at radius 2 is 1.76 bits per heavy atom. The van der Waals surface area contributed by atoms with Crippen molar-refractivity contribution in [3.63, 3.8) is 0 Å². The van der Waals surface area contributed by atoms with Gasteiger partial charge in [0.25, 0.3) is 5.01 Å². The summed E-state index contributed by atoms with van der Waals surface area (Å²) in [5, 5.41) is 9.63. The average molecular weight is 393 g/mol. The maximum Gasteiger partial charge on any atom is 0.263 e. The lowest BCUT2D eigenvalue weighted by molar-refractivity contribution is -0.655. The van der Waals surface area contributed by atoms with Crippen molar-refractivity contribution < 1.29 is 4.57 Å². The Bertz CT molecular complexity index is 1380. The Balaban J connectivity index is 1.46. The first-order chi connectivity index (χ1) is 14.3. The number of hydrogen-bond donors (Lipinski definition) is 0. The number of thiazole rings is 1. The van der Waals surface area contributed by atoms with Crippen molar-refractivity contribution in [2.24, 2.45) is 0 Å². The van der Waals surface area contributed by atoms with Gasteiger partial charge in [-0.05, 0) is 47.9 Å². The van der Waals surface area contributed by atoms with E-state index < -0.39 is 0 Å². The molecule has 0 unspecified atom stereocenters. The molecule has 0 atom stereocenters.